The fraction of sp³-hybridized carbons (Fsp3) is 0.462. The first-order valence-electron chi connectivity index (χ1n) is 5.17. The van der Waals surface area contributed by atoms with Crippen molar-refractivity contribution in [3.05, 3.63) is 35.4 Å². The molecule has 0 N–H and O–H groups in total. The molecule has 0 saturated heterocycles. The number of benzene rings is 1. The van der Waals surface area contributed by atoms with Crippen LogP contribution in [0.2, 0.25) is 0 Å². The molecule has 0 amide bonds. The largest absolute Gasteiger partial charge is 0.298 e. The van der Waals surface area contributed by atoms with E-state index in [0.717, 1.165) is 11.8 Å². The van der Waals surface area contributed by atoms with Crippen molar-refractivity contribution < 1.29 is 4.79 Å². The molecule has 0 aliphatic rings. The van der Waals surface area contributed by atoms with E-state index in [0.29, 0.717) is 5.92 Å². The molecule has 0 unspecified atom stereocenters. The minimum atomic E-state index is 0.538. The van der Waals surface area contributed by atoms with Crippen molar-refractivity contribution in [2.75, 3.05) is 4.93 Å². The first-order chi connectivity index (χ1) is 7.24. The van der Waals surface area contributed by atoms with Gasteiger partial charge >= 0.3 is 0 Å². The van der Waals surface area contributed by atoms with Crippen molar-refractivity contribution in [2.45, 2.75) is 33.6 Å². The van der Waals surface area contributed by atoms with E-state index in [1.54, 1.807) is 0 Å². The summed E-state index contributed by atoms with van der Waals surface area (Å²) < 4.78 is 0. The Morgan fingerprint density at radius 1 is 1.07 bits per heavy atom. The molecule has 1 nitrogen and oxygen atoms in total. The summed E-state index contributed by atoms with van der Waals surface area (Å²) in [5.41, 5.74) is 2.02. The van der Waals surface area contributed by atoms with Crippen molar-refractivity contribution in [2.24, 2.45) is 0 Å². The lowest BCUT2D eigenvalue weighted by Crippen LogP contribution is -1.87. The van der Waals surface area contributed by atoms with E-state index >= 15 is 0 Å². The summed E-state index contributed by atoms with van der Waals surface area (Å²) in [5.74, 6) is 0.538. The topological polar surface area (TPSA) is 17.1 Å². The Hall–Kier alpha value is -0.380. The normalized spacial score (nSPS) is 8.20. The van der Waals surface area contributed by atoms with Crippen LogP contribution < -0.4 is 0 Å². The van der Waals surface area contributed by atoms with Gasteiger partial charge in [0.25, 0.3) is 0 Å². The number of rotatable bonds is 2. The molecule has 15 heavy (non-hydrogen) atoms. The van der Waals surface area contributed by atoms with E-state index in [9.17, 15) is 4.79 Å². The maximum Gasteiger partial charge on any atom is 0.150 e. The van der Waals surface area contributed by atoms with E-state index < -0.39 is 0 Å². The van der Waals surface area contributed by atoms with Gasteiger partial charge in [-0.15, -0.1) is 0 Å². The molecule has 2 heteroatoms. The Morgan fingerprint density at radius 2 is 1.47 bits per heavy atom. The maximum atomic E-state index is 10.3. The van der Waals surface area contributed by atoms with Crippen molar-refractivity contribution in [3.8, 4) is 0 Å². The van der Waals surface area contributed by atoms with E-state index in [1.165, 1.54) is 5.56 Å². The average molecular weight is 320 g/mol. The van der Waals surface area contributed by atoms with Crippen molar-refractivity contribution >= 4 is 28.9 Å². The van der Waals surface area contributed by atoms with Crippen LogP contribution in [0.15, 0.2) is 24.3 Å². The second-order valence-electron chi connectivity index (χ2n) is 2.94. The zero-order valence-electron chi connectivity index (χ0n) is 10.3. The summed E-state index contributed by atoms with van der Waals surface area (Å²) in [6.07, 6.45) is 0.865. The Balaban J connectivity index is 0. The van der Waals surface area contributed by atoms with E-state index in [1.807, 2.05) is 43.0 Å². The summed E-state index contributed by atoms with van der Waals surface area (Å²) >= 11 is 2.15. The van der Waals surface area contributed by atoms with Gasteiger partial charge in [0.05, 0.1) is 0 Å². The predicted molar refractivity (Wildman–Crippen MR) is 77.2 cm³/mol. The molecular formula is C13H21IO. The number of hydrogen-bond acceptors (Lipinski definition) is 1. The van der Waals surface area contributed by atoms with Crippen LogP contribution in [0.4, 0.5) is 0 Å². The SMILES string of the molecule is CC.CC(C)c1ccc(C=O)cc1.CI. The quantitative estimate of drug-likeness (QED) is 0.438. The molecule has 0 aliphatic carbocycles. The molecule has 0 bridgehead atoms. The van der Waals surface area contributed by atoms with Gasteiger partial charge in [0.1, 0.15) is 6.29 Å². The molecule has 0 aromatic heterocycles. The Morgan fingerprint density at radius 3 is 1.73 bits per heavy atom. The number of carbonyl (C=O) groups is 1. The second-order valence-corrected chi connectivity index (χ2v) is 2.94. The molecule has 0 atom stereocenters. The minimum Gasteiger partial charge on any atom is -0.298 e. The highest BCUT2D eigenvalue weighted by molar-refractivity contribution is 14.1. The first kappa shape index (κ1) is 17.0. The van der Waals surface area contributed by atoms with Gasteiger partial charge in [-0.25, -0.2) is 0 Å². The third kappa shape index (κ3) is 7.54. The zero-order chi connectivity index (χ0) is 12.3. The molecule has 1 aromatic rings. The zero-order valence-corrected chi connectivity index (χ0v) is 12.4. The Labute approximate surface area is 107 Å². The number of alkyl halides is 1. The molecule has 0 aliphatic heterocycles. The maximum absolute atomic E-state index is 10.3. The first-order valence-corrected chi connectivity index (χ1v) is 7.32. The molecule has 1 rings (SSSR count). The number of carbonyl (C=O) groups excluding carboxylic acids is 1. The van der Waals surface area contributed by atoms with Gasteiger partial charge in [0.2, 0.25) is 0 Å². The highest BCUT2D eigenvalue weighted by atomic mass is 127. The Kier molecular flexibility index (Phi) is 13.3. The summed E-state index contributed by atoms with van der Waals surface area (Å²) in [6, 6.07) is 7.69. The van der Waals surface area contributed by atoms with E-state index in [-0.39, 0.29) is 0 Å². The number of hydrogen-bond donors (Lipinski definition) is 0. The van der Waals surface area contributed by atoms with Crippen LogP contribution in [-0.2, 0) is 0 Å². The van der Waals surface area contributed by atoms with Gasteiger partial charge in [0, 0.05) is 5.56 Å². The summed E-state index contributed by atoms with van der Waals surface area (Å²) in [4.78, 5) is 12.3. The molecule has 0 spiro atoms. The average Bonchev–Trinajstić information content (AvgIpc) is 2.34. The van der Waals surface area contributed by atoms with Crippen LogP contribution in [0.5, 0.6) is 0 Å². The molecule has 86 valence electrons. The standard InChI is InChI=1S/C10H12O.C2H6.CH3I/c1-8(2)10-5-3-9(7-11)4-6-10;2*1-2/h3-8H,1-2H3;1-2H3;1H3. The highest BCUT2D eigenvalue weighted by Crippen LogP contribution is 2.13. The Bertz CT molecular complexity index is 239. The summed E-state index contributed by atoms with van der Waals surface area (Å²) in [5, 5.41) is 0. The monoisotopic (exact) mass is 320 g/mol. The fourth-order valence-electron chi connectivity index (χ4n) is 0.959. The number of aldehydes is 1. The smallest absolute Gasteiger partial charge is 0.150 e. The molecular weight excluding hydrogens is 299 g/mol. The molecule has 0 heterocycles. The van der Waals surface area contributed by atoms with E-state index in [2.05, 4.69) is 36.4 Å². The van der Waals surface area contributed by atoms with Crippen LogP contribution in [0.1, 0.15) is 49.5 Å². The van der Waals surface area contributed by atoms with Crippen LogP contribution in [0, 0.1) is 0 Å². The lowest BCUT2D eigenvalue weighted by atomic mass is 10.0. The van der Waals surface area contributed by atoms with Gasteiger partial charge in [-0.05, 0) is 16.4 Å². The van der Waals surface area contributed by atoms with Gasteiger partial charge in [0.15, 0.2) is 0 Å². The van der Waals surface area contributed by atoms with Gasteiger partial charge in [-0.2, -0.15) is 0 Å². The van der Waals surface area contributed by atoms with Crippen LogP contribution in [0.3, 0.4) is 0 Å². The third-order valence-electron chi connectivity index (χ3n) is 1.74. The fourth-order valence-corrected chi connectivity index (χ4v) is 0.959. The highest BCUT2D eigenvalue weighted by Gasteiger charge is 1.96. The molecule has 0 fully saturated rings. The minimum absolute atomic E-state index is 0.538. The lowest BCUT2D eigenvalue weighted by molar-refractivity contribution is 0.112. The van der Waals surface area contributed by atoms with Crippen molar-refractivity contribution in [1.82, 2.24) is 0 Å². The van der Waals surface area contributed by atoms with Crippen LogP contribution in [0.25, 0.3) is 0 Å². The van der Waals surface area contributed by atoms with Crippen molar-refractivity contribution in [1.29, 1.82) is 0 Å². The third-order valence-corrected chi connectivity index (χ3v) is 1.74. The van der Waals surface area contributed by atoms with Gasteiger partial charge in [-0.3, -0.25) is 4.79 Å². The summed E-state index contributed by atoms with van der Waals surface area (Å²) in [7, 11) is 0. The van der Waals surface area contributed by atoms with Gasteiger partial charge in [-0.1, -0.05) is 74.6 Å². The number of halogens is 1. The van der Waals surface area contributed by atoms with Gasteiger partial charge < -0.3 is 0 Å². The molecule has 0 radical (unpaired) electrons. The van der Waals surface area contributed by atoms with Crippen LogP contribution >= 0.6 is 22.6 Å². The predicted octanol–water partition coefficient (Wildman–Crippen LogP) is 4.70. The lowest BCUT2D eigenvalue weighted by Gasteiger charge is -2.03. The van der Waals surface area contributed by atoms with Crippen molar-refractivity contribution in [3.63, 3.8) is 0 Å². The van der Waals surface area contributed by atoms with E-state index in [4.69, 9.17) is 0 Å². The molecule has 0 saturated carbocycles. The second kappa shape index (κ2) is 11.7. The molecule has 1 aromatic carbocycles. The van der Waals surface area contributed by atoms with Crippen LogP contribution in [-0.4, -0.2) is 11.2 Å². The summed E-state index contributed by atoms with van der Waals surface area (Å²) in [6.45, 7) is 8.27.